The Labute approximate surface area is 180 Å². The minimum Gasteiger partial charge on any atom is -0.497 e. The van der Waals surface area contributed by atoms with Crippen molar-refractivity contribution in [3.8, 4) is 23.3 Å². The van der Waals surface area contributed by atoms with Gasteiger partial charge in [-0.2, -0.15) is 10.2 Å². The standard InChI is InChI=1S/C23H23N5O3/c1-16-25-22(31-26-16)18-3-5-19(6-4-18)23(29)28-13-11-27(12-14-28)21(15-24)17-7-9-20(30-2)10-8-17/h3-10,21H,11-14H2,1-2H3. The molecule has 158 valence electrons. The number of methoxy groups -OCH3 is 1. The number of benzene rings is 2. The van der Waals surface area contributed by atoms with Crippen molar-refractivity contribution < 1.29 is 14.1 Å². The summed E-state index contributed by atoms with van der Waals surface area (Å²) in [6.45, 7) is 4.16. The molecule has 1 amide bonds. The Bertz CT molecular complexity index is 1080. The Morgan fingerprint density at radius 2 is 1.77 bits per heavy atom. The second-order valence-electron chi connectivity index (χ2n) is 7.36. The summed E-state index contributed by atoms with van der Waals surface area (Å²) in [5.74, 6) is 1.74. The normalized spacial score (nSPS) is 15.3. The maximum Gasteiger partial charge on any atom is 0.257 e. The molecule has 2 aromatic carbocycles. The largest absolute Gasteiger partial charge is 0.497 e. The third-order valence-electron chi connectivity index (χ3n) is 5.43. The van der Waals surface area contributed by atoms with Crippen molar-refractivity contribution in [1.82, 2.24) is 19.9 Å². The Morgan fingerprint density at radius 3 is 2.32 bits per heavy atom. The number of rotatable bonds is 5. The Balaban J connectivity index is 1.38. The molecule has 2 heterocycles. The molecule has 0 saturated carbocycles. The number of carbonyl (C=O) groups excluding carboxylic acids is 1. The van der Waals surface area contributed by atoms with Crippen molar-refractivity contribution in [3.63, 3.8) is 0 Å². The summed E-state index contributed by atoms with van der Waals surface area (Å²) in [5, 5.41) is 13.5. The molecule has 4 rings (SSSR count). The molecule has 31 heavy (non-hydrogen) atoms. The van der Waals surface area contributed by atoms with Gasteiger partial charge in [0.05, 0.1) is 13.2 Å². The van der Waals surface area contributed by atoms with Gasteiger partial charge in [-0.25, -0.2) is 0 Å². The van der Waals surface area contributed by atoms with Crippen LogP contribution in [0.4, 0.5) is 0 Å². The highest BCUT2D eigenvalue weighted by atomic mass is 16.5. The fraction of sp³-hybridized carbons (Fsp3) is 0.304. The number of nitrogens with zero attached hydrogens (tertiary/aromatic N) is 5. The van der Waals surface area contributed by atoms with Crippen molar-refractivity contribution in [1.29, 1.82) is 5.26 Å². The number of aromatic nitrogens is 2. The highest BCUT2D eigenvalue weighted by molar-refractivity contribution is 5.94. The molecule has 0 bridgehead atoms. The average molecular weight is 417 g/mol. The molecule has 8 heteroatoms. The van der Waals surface area contributed by atoms with Gasteiger partial charge in [0.1, 0.15) is 11.8 Å². The fourth-order valence-electron chi connectivity index (χ4n) is 3.69. The van der Waals surface area contributed by atoms with Crippen molar-refractivity contribution in [2.24, 2.45) is 0 Å². The van der Waals surface area contributed by atoms with Crippen LogP contribution in [0.25, 0.3) is 11.5 Å². The zero-order valence-electron chi connectivity index (χ0n) is 17.5. The average Bonchev–Trinajstić information content (AvgIpc) is 3.26. The predicted molar refractivity (Wildman–Crippen MR) is 113 cm³/mol. The highest BCUT2D eigenvalue weighted by Gasteiger charge is 2.27. The smallest absolute Gasteiger partial charge is 0.257 e. The molecule has 0 radical (unpaired) electrons. The van der Waals surface area contributed by atoms with E-state index in [1.165, 1.54) is 0 Å². The molecule has 1 unspecified atom stereocenters. The van der Waals surface area contributed by atoms with Gasteiger partial charge >= 0.3 is 0 Å². The first kappa shape index (κ1) is 20.6. The monoisotopic (exact) mass is 417 g/mol. The van der Waals surface area contributed by atoms with Crippen LogP contribution >= 0.6 is 0 Å². The van der Waals surface area contributed by atoms with Crippen molar-refractivity contribution in [2.45, 2.75) is 13.0 Å². The van der Waals surface area contributed by atoms with Gasteiger partial charge in [0, 0.05) is 37.3 Å². The lowest BCUT2D eigenvalue weighted by molar-refractivity contribution is 0.0606. The minimum absolute atomic E-state index is 0.0223. The van der Waals surface area contributed by atoms with Crippen molar-refractivity contribution in [2.75, 3.05) is 33.3 Å². The molecule has 8 nitrogen and oxygen atoms in total. The van der Waals surface area contributed by atoms with Gasteiger partial charge in [-0.1, -0.05) is 17.3 Å². The molecule has 0 N–H and O–H groups in total. The van der Waals surface area contributed by atoms with E-state index in [-0.39, 0.29) is 11.9 Å². The molecular formula is C23H23N5O3. The molecule has 1 aromatic heterocycles. The lowest BCUT2D eigenvalue weighted by Crippen LogP contribution is -2.49. The SMILES string of the molecule is COc1ccc(C(C#N)N2CCN(C(=O)c3ccc(-c4nc(C)no4)cc3)CC2)cc1. The number of hydrogen-bond donors (Lipinski definition) is 0. The van der Waals surface area contributed by atoms with E-state index in [2.05, 4.69) is 21.1 Å². The molecule has 1 aliphatic rings. The van der Waals surface area contributed by atoms with Crippen molar-refractivity contribution in [3.05, 3.63) is 65.5 Å². The second-order valence-corrected chi connectivity index (χ2v) is 7.36. The van der Waals surface area contributed by atoms with Gasteiger partial charge in [0.25, 0.3) is 11.8 Å². The summed E-state index contributed by atoms with van der Waals surface area (Å²) in [6.07, 6.45) is 0. The fourth-order valence-corrected chi connectivity index (χ4v) is 3.69. The van der Waals surface area contributed by atoms with Crippen LogP contribution in [0.15, 0.2) is 53.1 Å². The summed E-state index contributed by atoms with van der Waals surface area (Å²) in [6, 6.07) is 16.8. The van der Waals surface area contributed by atoms with E-state index in [1.54, 1.807) is 26.2 Å². The van der Waals surface area contributed by atoms with Crippen LogP contribution < -0.4 is 4.74 Å². The summed E-state index contributed by atoms with van der Waals surface area (Å²) in [5.41, 5.74) is 2.31. The number of aryl methyl sites for hydroxylation is 1. The minimum atomic E-state index is -0.347. The topological polar surface area (TPSA) is 95.5 Å². The van der Waals surface area contributed by atoms with Crippen LogP contribution in [0.3, 0.4) is 0 Å². The van der Waals surface area contributed by atoms with Crippen LogP contribution in [0.5, 0.6) is 5.75 Å². The molecule has 0 aliphatic carbocycles. The van der Waals surface area contributed by atoms with Crippen LogP contribution in [0.1, 0.15) is 27.8 Å². The van der Waals surface area contributed by atoms with E-state index in [1.807, 2.05) is 41.3 Å². The third-order valence-corrected chi connectivity index (χ3v) is 5.43. The molecule has 1 fully saturated rings. The Hall–Kier alpha value is -3.70. The molecular weight excluding hydrogens is 394 g/mol. The van der Waals surface area contributed by atoms with Crippen LogP contribution in [0, 0.1) is 18.3 Å². The van der Waals surface area contributed by atoms with E-state index in [9.17, 15) is 10.1 Å². The summed E-state index contributed by atoms with van der Waals surface area (Å²) in [7, 11) is 1.62. The van der Waals surface area contributed by atoms with Crippen LogP contribution in [-0.4, -0.2) is 59.1 Å². The molecule has 0 spiro atoms. The summed E-state index contributed by atoms with van der Waals surface area (Å²) >= 11 is 0. The van der Waals surface area contributed by atoms with Gasteiger partial charge in [-0.05, 0) is 48.9 Å². The first-order valence-electron chi connectivity index (χ1n) is 10.1. The summed E-state index contributed by atoms with van der Waals surface area (Å²) in [4.78, 5) is 21.0. The Kier molecular flexibility index (Phi) is 5.96. The highest BCUT2D eigenvalue weighted by Crippen LogP contribution is 2.24. The quantitative estimate of drug-likeness (QED) is 0.629. The van der Waals surface area contributed by atoms with Gasteiger partial charge in [0.15, 0.2) is 5.82 Å². The summed E-state index contributed by atoms with van der Waals surface area (Å²) < 4.78 is 10.4. The molecule has 1 atom stereocenters. The molecule has 1 aliphatic heterocycles. The number of amides is 1. The number of nitriles is 1. The van der Waals surface area contributed by atoms with Gasteiger partial charge in [-0.3, -0.25) is 9.69 Å². The van der Waals surface area contributed by atoms with Gasteiger partial charge < -0.3 is 14.2 Å². The van der Waals surface area contributed by atoms with E-state index < -0.39 is 0 Å². The van der Waals surface area contributed by atoms with Crippen LogP contribution in [-0.2, 0) is 0 Å². The first-order chi connectivity index (χ1) is 15.1. The first-order valence-corrected chi connectivity index (χ1v) is 10.1. The maximum absolute atomic E-state index is 12.9. The number of ether oxygens (including phenoxy) is 1. The Morgan fingerprint density at radius 1 is 1.10 bits per heavy atom. The van der Waals surface area contributed by atoms with E-state index in [0.29, 0.717) is 43.5 Å². The third kappa shape index (κ3) is 4.42. The van der Waals surface area contributed by atoms with E-state index in [4.69, 9.17) is 9.26 Å². The van der Waals surface area contributed by atoms with Gasteiger partial charge in [0.2, 0.25) is 0 Å². The molecule has 3 aromatic rings. The number of hydrogen-bond acceptors (Lipinski definition) is 7. The number of piperazine rings is 1. The second kappa shape index (κ2) is 8.98. The lowest BCUT2D eigenvalue weighted by Gasteiger charge is -2.37. The predicted octanol–water partition coefficient (Wildman–Crippen LogP) is 3.08. The van der Waals surface area contributed by atoms with Crippen molar-refractivity contribution >= 4 is 5.91 Å². The van der Waals surface area contributed by atoms with Crippen LogP contribution in [0.2, 0.25) is 0 Å². The zero-order valence-corrected chi connectivity index (χ0v) is 17.5. The maximum atomic E-state index is 12.9. The van der Waals surface area contributed by atoms with E-state index >= 15 is 0 Å². The van der Waals surface area contributed by atoms with E-state index in [0.717, 1.165) is 16.9 Å². The molecule has 1 saturated heterocycles. The number of carbonyl (C=O) groups is 1. The zero-order chi connectivity index (χ0) is 21.8. The van der Waals surface area contributed by atoms with Gasteiger partial charge in [-0.15, -0.1) is 0 Å². The lowest BCUT2D eigenvalue weighted by atomic mass is 10.0.